The maximum Gasteiger partial charge on any atom is 0.126 e. The van der Waals surface area contributed by atoms with Crippen molar-refractivity contribution in [1.82, 2.24) is 4.98 Å². The fraction of sp³-hybridized carbons (Fsp3) is 0.357. The molecule has 2 rings (SSSR count). The van der Waals surface area contributed by atoms with Crippen molar-refractivity contribution < 1.29 is 4.39 Å². The van der Waals surface area contributed by atoms with E-state index in [-0.39, 0.29) is 5.82 Å². The van der Waals surface area contributed by atoms with Crippen LogP contribution in [0.5, 0.6) is 0 Å². The van der Waals surface area contributed by atoms with Crippen LogP contribution in [0.25, 0.3) is 0 Å². The molecule has 1 aromatic heterocycles. The Morgan fingerprint density at radius 1 is 1.39 bits per heavy atom. The molecule has 4 heteroatoms. The summed E-state index contributed by atoms with van der Waals surface area (Å²) in [5, 5.41) is 3.03. The molecule has 0 aliphatic heterocycles. The van der Waals surface area contributed by atoms with E-state index in [0.717, 1.165) is 16.3 Å². The van der Waals surface area contributed by atoms with E-state index in [9.17, 15) is 4.39 Å². The highest BCUT2D eigenvalue weighted by atomic mass is 32.1. The predicted molar refractivity (Wildman–Crippen MR) is 73.2 cm³/mol. The lowest BCUT2D eigenvalue weighted by atomic mass is 9.88. The monoisotopic (exact) mass is 264 g/mol. The van der Waals surface area contributed by atoms with E-state index in [4.69, 9.17) is 5.73 Å². The summed E-state index contributed by atoms with van der Waals surface area (Å²) in [5.74, 6) is -0.210. The predicted octanol–water partition coefficient (Wildman–Crippen LogP) is 3.32. The van der Waals surface area contributed by atoms with Crippen molar-refractivity contribution in [3.63, 3.8) is 0 Å². The van der Waals surface area contributed by atoms with Crippen LogP contribution in [0.2, 0.25) is 0 Å². The number of aryl methyl sites for hydroxylation is 2. The van der Waals surface area contributed by atoms with E-state index < -0.39 is 5.54 Å². The minimum atomic E-state index is -0.602. The lowest BCUT2D eigenvalue weighted by Crippen LogP contribution is -2.35. The SMILES string of the molecule is Cc1nc(CC(C)(N)c2ccc(C)c(F)c2)cs1. The first-order valence-electron chi connectivity index (χ1n) is 5.85. The second-order valence-electron chi connectivity index (χ2n) is 4.92. The van der Waals surface area contributed by atoms with Crippen LogP contribution >= 0.6 is 11.3 Å². The molecule has 2 N–H and O–H groups in total. The van der Waals surface area contributed by atoms with Gasteiger partial charge in [-0.05, 0) is 38.0 Å². The smallest absolute Gasteiger partial charge is 0.126 e. The fourth-order valence-electron chi connectivity index (χ4n) is 1.92. The standard InChI is InChI=1S/C14H17FN2S/c1-9-4-5-11(6-13(9)15)14(3,16)7-12-8-18-10(2)17-12/h4-6,8H,7,16H2,1-3H3. The summed E-state index contributed by atoms with van der Waals surface area (Å²) in [7, 11) is 0. The second-order valence-corrected chi connectivity index (χ2v) is 5.98. The van der Waals surface area contributed by atoms with Crippen LogP contribution in [0.3, 0.4) is 0 Å². The third kappa shape index (κ3) is 2.76. The van der Waals surface area contributed by atoms with Gasteiger partial charge in [0.2, 0.25) is 0 Å². The molecule has 1 atom stereocenters. The molecular weight excluding hydrogens is 247 g/mol. The number of hydrogen-bond donors (Lipinski definition) is 1. The van der Waals surface area contributed by atoms with Crippen molar-refractivity contribution in [3.05, 3.63) is 51.2 Å². The molecule has 1 aromatic carbocycles. The average molecular weight is 264 g/mol. The van der Waals surface area contributed by atoms with E-state index in [1.54, 1.807) is 24.3 Å². The topological polar surface area (TPSA) is 38.9 Å². The van der Waals surface area contributed by atoms with Crippen LogP contribution in [-0.2, 0) is 12.0 Å². The molecule has 0 amide bonds. The molecule has 2 nitrogen and oxygen atoms in total. The largest absolute Gasteiger partial charge is 0.321 e. The minimum absolute atomic E-state index is 0.210. The molecule has 18 heavy (non-hydrogen) atoms. The van der Waals surface area contributed by atoms with Crippen LogP contribution in [-0.4, -0.2) is 4.98 Å². The summed E-state index contributed by atoms with van der Waals surface area (Å²) >= 11 is 1.61. The number of nitrogens with two attached hydrogens (primary N) is 1. The zero-order chi connectivity index (χ0) is 13.3. The second kappa shape index (κ2) is 4.78. The molecule has 0 radical (unpaired) electrons. The van der Waals surface area contributed by atoms with Crippen molar-refractivity contribution >= 4 is 11.3 Å². The molecule has 0 fully saturated rings. The van der Waals surface area contributed by atoms with Gasteiger partial charge in [-0.3, -0.25) is 0 Å². The Labute approximate surface area is 111 Å². The van der Waals surface area contributed by atoms with Gasteiger partial charge in [0.15, 0.2) is 0 Å². The summed E-state index contributed by atoms with van der Waals surface area (Å²) in [6.45, 7) is 5.62. The zero-order valence-electron chi connectivity index (χ0n) is 10.8. The van der Waals surface area contributed by atoms with Gasteiger partial charge in [0.25, 0.3) is 0 Å². The van der Waals surface area contributed by atoms with E-state index in [2.05, 4.69) is 4.98 Å². The van der Waals surface area contributed by atoms with E-state index >= 15 is 0 Å². The van der Waals surface area contributed by atoms with Gasteiger partial charge in [0, 0.05) is 17.3 Å². The molecular formula is C14H17FN2S. The average Bonchev–Trinajstić information content (AvgIpc) is 2.67. The molecule has 1 unspecified atom stereocenters. The first-order chi connectivity index (χ1) is 8.38. The van der Waals surface area contributed by atoms with Crippen molar-refractivity contribution in [1.29, 1.82) is 0 Å². The number of hydrogen-bond acceptors (Lipinski definition) is 3. The number of nitrogens with zero attached hydrogens (tertiary/aromatic N) is 1. The Morgan fingerprint density at radius 3 is 2.67 bits per heavy atom. The maximum atomic E-state index is 13.6. The minimum Gasteiger partial charge on any atom is -0.321 e. The summed E-state index contributed by atoms with van der Waals surface area (Å²) < 4.78 is 13.6. The first kappa shape index (κ1) is 13.2. The molecule has 0 aliphatic rings. The van der Waals surface area contributed by atoms with E-state index in [0.29, 0.717) is 12.0 Å². The Balaban J connectivity index is 2.26. The lowest BCUT2D eigenvalue weighted by molar-refractivity contribution is 0.480. The molecule has 0 saturated carbocycles. The molecule has 1 heterocycles. The Bertz CT molecular complexity index is 561. The van der Waals surface area contributed by atoms with E-state index in [1.807, 2.05) is 25.3 Å². The van der Waals surface area contributed by atoms with Gasteiger partial charge < -0.3 is 5.73 Å². The summed E-state index contributed by atoms with van der Waals surface area (Å²) in [5.41, 5.74) is 8.10. The third-order valence-corrected chi connectivity index (χ3v) is 3.87. The molecule has 0 spiro atoms. The molecule has 96 valence electrons. The highest BCUT2D eigenvalue weighted by Crippen LogP contribution is 2.25. The molecule has 0 bridgehead atoms. The number of aromatic nitrogens is 1. The van der Waals surface area contributed by atoms with Crippen molar-refractivity contribution in [2.75, 3.05) is 0 Å². The van der Waals surface area contributed by atoms with E-state index in [1.165, 1.54) is 6.07 Å². The molecule has 0 aliphatic carbocycles. The maximum absolute atomic E-state index is 13.6. The van der Waals surface area contributed by atoms with Crippen LogP contribution in [0.4, 0.5) is 4.39 Å². The van der Waals surface area contributed by atoms with Gasteiger partial charge in [-0.15, -0.1) is 11.3 Å². The normalized spacial score (nSPS) is 14.5. The highest BCUT2D eigenvalue weighted by Gasteiger charge is 2.23. The van der Waals surface area contributed by atoms with Gasteiger partial charge in [0.05, 0.1) is 10.7 Å². The highest BCUT2D eigenvalue weighted by molar-refractivity contribution is 7.09. The van der Waals surface area contributed by atoms with Crippen molar-refractivity contribution in [2.24, 2.45) is 5.73 Å². The Hall–Kier alpha value is -1.26. The zero-order valence-corrected chi connectivity index (χ0v) is 11.6. The van der Waals surface area contributed by atoms with Gasteiger partial charge >= 0.3 is 0 Å². The number of benzene rings is 1. The van der Waals surface area contributed by atoms with Crippen LogP contribution in [0.1, 0.15) is 28.8 Å². The van der Waals surface area contributed by atoms with Crippen molar-refractivity contribution in [2.45, 2.75) is 32.7 Å². The van der Waals surface area contributed by atoms with Gasteiger partial charge in [-0.1, -0.05) is 12.1 Å². The Kier molecular flexibility index (Phi) is 3.50. The fourth-order valence-corrected chi connectivity index (χ4v) is 2.53. The summed E-state index contributed by atoms with van der Waals surface area (Å²) in [6.07, 6.45) is 0.611. The van der Waals surface area contributed by atoms with Crippen LogP contribution < -0.4 is 5.73 Å². The summed E-state index contributed by atoms with van der Waals surface area (Å²) in [4.78, 5) is 4.41. The third-order valence-electron chi connectivity index (χ3n) is 3.05. The number of thiazole rings is 1. The van der Waals surface area contributed by atoms with Crippen molar-refractivity contribution in [3.8, 4) is 0 Å². The first-order valence-corrected chi connectivity index (χ1v) is 6.73. The quantitative estimate of drug-likeness (QED) is 0.923. The number of halogens is 1. The Morgan fingerprint density at radius 2 is 2.11 bits per heavy atom. The van der Waals surface area contributed by atoms with Crippen LogP contribution in [0.15, 0.2) is 23.6 Å². The van der Waals surface area contributed by atoms with Gasteiger partial charge in [0.1, 0.15) is 5.82 Å². The van der Waals surface area contributed by atoms with Gasteiger partial charge in [-0.2, -0.15) is 0 Å². The van der Waals surface area contributed by atoms with Gasteiger partial charge in [-0.25, -0.2) is 9.37 Å². The van der Waals surface area contributed by atoms with Crippen LogP contribution in [0, 0.1) is 19.7 Å². The summed E-state index contributed by atoms with van der Waals surface area (Å²) in [6, 6.07) is 5.17. The molecule has 2 aromatic rings. The number of rotatable bonds is 3. The molecule has 0 saturated heterocycles. The lowest BCUT2D eigenvalue weighted by Gasteiger charge is -2.24.